The number of aliphatic hydroxyl groups is 3. The zero-order valence-corrected chi connectivity index (χ0v) is 9.42. The van der Waals surface area contributed by atoms with E-state index >= 15 is 0 Å². The maximum absolute atomic E-state index is 12.6. The SMILES string of the molecule is OC1CCC(Cc2ccc(F)cc2)O1.OCO. The topological polar surface area (TPSA) is 69.9 Å². The van der Waals surface area contributed by atoms with Crippen LogP contribution in [-0.4, -0.2) is 34.5 Å². The molecule has 0 aromatic heterocycles. The van der Waals surface area contributed by atoms with Crippen molar-refractivity contribution in [2.24, 2.45) is 0 Å². The van der Waals surface area contributed by atoms with Gasteiger partial charge in [0.05, 0.1) is 6.10 Å². The molecule has 1 aromatic rings. The first-order chi connectivity index (χ1) is 8.15. The van der Waals surface area contributed by atoms with E-state index in [-0.39, 0.29) is 11.9 Å². The number of hydrogen-bond donors (Lipinski definition) is 3. The van der Waals surface area contributed by atoms with Crippen LogP contribution in [0.4, 0.5) is 4.39 Å². The number of aliphatic hydroxyl groups excluding tert-OH is 2. The van der Waals surface area contributed by atoms with Crippen LogP contribution >= 0.6 is 0 Å². The number of ether oxygens (including phenoxy) is 1. The number of halogens is 1. The Balaban J connectivity index is 0.000000437. The first-order valence-corrected chi connectivity index (χ1v) is 5.45. The summed E-state index contributed by atoms with van der Waals surface area (Å²) in [5.41, 5.74) is 1.05. The molecule has 4 nitrogen and oxygen atoms in total. The second-order valence-corrected chi connectivity index (χ2v) is 3.76. The van der Waals surface area contributed by atoms with Crippen molar-refractivity contribution in [1.82, 2.24) is 0 Å². The van der Waals surface area contributed by atoms with Gasteiger partial charge < -0.3 is 20.1 Å². The van der Waals surface area contributed by atoms with Gasteiger partial charge in [-0.15, -0.1) is 0 Å². The molecule has 3 N–H and O–H groups in total. The number of hydrogen-bond acceptors (Lipinski definition) is 4. The van der Waals surface area contributed by atoms with Gasteiger partial charge in [-0.2, -0.15) is 0 Å². The minimum Gasteiger partial charge on any atom is -0.371 e. The van der Waals surface area contributed by atoms with Gasteiger partial charge in [0.2, 0.25) is 0 Å². The minimum absolute atomic E-state index is 0.0791. The normalized spacial score (nSPS) is 23.1. The van der Waals surface area contributed by atoms with Crippen LogP contribution in [0.2, 0.25) is 0 Å². The zero-order valence-electron chi connectivity index (χ0n) is 9.42. The highest BCUT2D eigenvalue weighted by Gasteiger charge is 2.23. The van der Waals surface area contributed by atoms with Gasteiger partial charge in [-0.25, -0.2) is 4.39 Å². The second kappa shape index (κ2) is 7.34. The summed E-state index contributed by atoms with van der Waals surface area (Å²) in [4.78, 5) is 0. The van der Waals surface area contributed by atoms with Gasteiger partial charge >= 0.3 is 0 Å². The lowest BCUT2D eigenvalue weighted by Gasteiger charge is -2.09. The standard InChI is InChI=1S/C11H13FO2.CH4O2/c12-9-3-1-8(2-4-9)7-10-5-6-11(13)14-10;2-1-3/h1-4,10-11,13H,5-7H2;2-3H,1H2. The third-order valence-electron chi connectivity index (χ3n) is 2.46. The second-order valence-electron chi connectivity index (χ2n) is 3.76. The van der Waals surface area contributed by atoms with Gasteiger partial charge in [-0.05, 0) is 30.5 Å². The maximum atomic E-state index is 12.6. The van der Waals surface area contributed by atoms with E-state index < -0.39 is 13.1 Å². The van der Waals surface area contributed by atoms with Gasteiger partial charge in [0, 0.05) is 6.42 Å². The van der Waals surface area contributed by atoms with Crippen LogP contribution in [-0.2, 0) is 11.2 Å². The molecule has 1 aliphatic rings. The van der Waals surface area contributed by atoms with E-state index in [9.17, 15) is 4.39 Å². The van der Waals surface area contributed by atoms with E-state index in [4.69, 9.17) is 20.1 Å². The van der Waals surface area contributed by atoms with Gasteiger partial charge in [-0.1, -0.05) is 12.1 Å². The van der Waals surface area contributed by atoms with Crippen molar-refractivity contribution in [1.29, 1.82) is 0 Å². The Hall–Kier alpha value is -1.01. The molecule has 1 heterocycles. The lowest BCUT2D eigenvalue weighted by atomic mass is 10.1. The molecular weight excluding hydrogens is 227 g/mol. The van der Waals surface area contributed by atoms with E-state index in [2.05, 4.69) is 0 Å². The summed E-state index contributed by atoms with van der Waals surface area (Å²) in [6.45, 7) is -0.750. The lowest BCUT2D eigenvalue weighted by Crippen LogP contribution is -2.12. The quantitative estimate of drug-likeness (QED) is 0.673. The first kappa shape index (κ1) is 14.1. The largest absolute Gasteiger partial charge is 0.371 e. The van der Waals surface area contributed by atoms with E-state index in [0.717, 1.165) is 18.4 Å². The molecule has 2 rings (SSSR count). The molecule has 2 atom stereocenters. The fraction of sp³-hybridized carbons (Fsp3) is 0.500. The third kappa shape index (κ3) is 5.23. The Kier molecular flexibility index (Phi) is 6.07. The molecule has 0 amide bonds. The zero-order chi connectivity index (χ0) is 12.7. The van der Waals surface area contributed by atoms with Crippen molar-refractivity contribution in [3.8, 4) is 0 Å². The molecule has 0 aliphatic carbocycles. The van der Waals surface area contributed by atoms with E-state index in [1.165, 1.54) is 12.1 Å². The molecule has 96 valence electrons. The molecule has 2 unspecified atom stereocenters. The highest BCUT2D eigenvalue weighted by molar-refractivity contribution is 5.16. The smallest absolute Gasteiger partial charge is 0.155 e. The van der Waals surface area contributed by atoms with E-state index in [0.29, 0.717) is 6.42 Å². The van der Waals surface area contributed by atoms with Crippen molar-refractivity contribution in [2.75, 3.05) is 6.79 Å². The average Bonchev–Trinajstić information content (AvgIpc) is 2.69. The van der Waals surface area contributed by atoms with Gasteiger partial charge in [-0.3, -0.25) is 0 Å². The maximum Gasteiger partial charge on any atom is 0.155 e. The Labute approximate surface area is 99.3 Å². The summed E-state index contributed by atoms with van der Waals surface area (Å²) in [7, 11) is 0. The van der Waals surface area contributed by atoms with Crippen LogP contribution in [0.5, 0.6) is 0 Å². The number of benzene rings is 1. The molecule has 0 spiro atoms. The Morgan fingerprint density at radius 2 is 1.76 bits per heavy atom. The molecule has 5 heteroatoms. The van der Waals surface area contributed by atoms with Gasteiger partial charge in [0.1, 0.15) is 12.6 Å². The molecule has 1 aliphatic heterocycles. The average molecular weight is 244 g/mol. The van der Waals surface area contributed by atoms with Crippen LogP contribution in [0.25, 0.3) is 0 Å². The summed E-state index contributed by atoms with van der Waals surface area (Å²) in [6.07, 6.45) is 1.79. The molecule has 1 aromatic carbocycles. The lowest BCUT2D eigenvalue weighted by molar-refractivity contribution is -0.0895. The Morgan fingerprint density at radius 3 is 2.24 bits per heavy atom. The molecule has 0 saturated carbocycles. The van der Waals surface area contributed by atoms with Crippen molar-refractivity contribution in [3.63, 3.8) is 0 Å². The molecule has 0 radical (unpaired) electrons. The van der Waals surface area contributed by atoms with Crippen molar-refractivity contribution < 1.29 is 24.4 Å². The summed E-state index contributed by atoms with van der Waals surface area (Å²) in [6, 6.07) is 6.40. The fourth-order valence-electron chi connectivity index (χ4n) is 1.72. The molecule has 17 heavy (non-hydrogen) atoms. The minimum atomic E-state index is -0.750. The van der Waals surface area contributed by atoms with Crippen molar-refractivity contribution >= 4 is 0 Å². The summed E-state index contributed by atoms with van der Waals surface area (Å²) >= 11 is 0. The highest BCUT2D eigenvalue weighted by atomic mass is 19.1. The van der Waals surface area contributed by atoms with Crippen molar-refractivity contribution in [2.45, 2.75) is 31.7 Å². The predicted molar refractivity (Wildman–Crippen MR) is 59.5 cm³/mol. The third-order valence-corrected chi connectivity index (χ3v) is 2.46. The van der Waals surface area contributed by atoms with Crippen LogP contribution in [0.15, 0.2) is 24.3 Å². The van der Waals surface area contributed by atoms with Gasteiger partial charge in [0.25, 0.3) is 0 Å². The van der Waals surface area contributed by atoms with E-state index in [1.54, 1.807) is 12.1 Å². The molecule has 1 fully saturated rings. The monoisotopic (exact) mass is 244 g/mol. The highest BCUT2D eigenvalue weighted by Crippen LogP contribution is 2.21. The van der Waals surface area contributed by atoms with Crippen LogP contribution in [0.1, 0.15) is 18.4 Å². The molecule has 0 bridgehead atoms. The van der Waals surface area contributed by atoms with Crippen LogP contribution < -0.4 is 0 Å². The van der Waals surface area contributed by atoms with E-state index in [1.807, 2.05) is 0 Å². The Morgan fingerprint density at radius 1 is 1.18 bits per heavy atom. The molecular formula is C12H17FO4. The summed E-state index contributed by atoms with van der Waals surface area (Å²) < 4.78 is 17.8. The van der Waals surface area contributed by atoms with Crippen molar-refractivity contribution in [3.05, 3.63) is 35.6 Å². The van der Waals surface area contributed by atoms with Crippen LogP contribution in [0, 0.1) is 5.82 Å². The Bertz CT molecular complexity index is 315. The fourth-order valence-corrected chi connectivity index (χ4v) is 1.72. The van der Waals surface area contributed by atoms with Crippen LogP contribution in [0.3, 0.4) is 0 Å². The van der Waals surface area contributed by atoms with Gasteiger partial charge in [0.15, 0.2) is 6.29 Å². The number of rotatable bonds is 2. The molecule has 1 saturated heterocycles. The predicted octanol–water partition coefficient (Wildman–Crippen LogP) is 0.794. The first-order valence-electron chi connectivity index (χ1n) is 5.45. The summed E-state index contributed by atoms with van der Waals surface area (Å²) in [5, 5.41) is 23.4. The summed E-state index contributed by atoms with van der Waals surface area (Å²) in [5.74, 6) is -0.221.